The Balaban J connectivity index is 1.73. The van der Waals surface area contributed by atoms with Gasteiger partial charge in [-0.05, 0) is 24.3 Å². The molecule has 2 heterocycles. The van der Waals surface area contributed by atoms with Gasteiger partial charge in [-0.15, -0.1) is 18.3 Å². The number of nitrogens with one attached hydrogen (secondary N) is 1. The zero-order valence-electron chi connectivity index (χ0n) is 11.5. The molecule has 118 valence electrons. The van der Waals surface area contributed by atoms with E-state index in [2.05, 4.69) is 20.1 Å². The number of hydrogen-bond donors (Lipinski definition) is 1. The molecule has 0 unspecified atom stereocenters. The van der Waals surface area contributed by atoms with Crippen molar-refractivity contribution in [2.45, 2.75) is 6.36 Å². The second kappa shape index (κ2) is 5.84. The molecule has 1 fully saturated rings. The van der Waals surface area contributed by atoms with Gasteiger partial charge in [0.05, 0.1) is 5.69 Å². The standard InChI is InChI=1S/C13H14F3N5O/c14-13(15,16)22-11-3-1-10(2-4-11)21-9-18-12(19-21)20-7-5-17-6-8-20/h1-4,9,17H,5-8H2. The van der Waals surface area contributed by atoms with Crippen LogP contribution in [0.25, 0.3) is 5.69 Å². The Labute approximate surface area is 124 Å². The lowest BCUT2D eigenvalue weighted by Crippen LogP contribution is -2.44. The molecule has 3 rings (SSSR count). The fourth-order valence-corrected chi connectivity index (χ4v) is 2.19. The molecule has 22 heavy (non-hydrogen) atoms. The molecule has 0 spiro atoms. The summed E-state index contributed by atoms with van der Waals surface area (Å²) in [5, 5.41) is 7.59. The number of anilines is 1. The van der Waals surface area contributed by atoms with Gasteiger partial charge in [0, 0.05) is 26.2 Å². The normalized spacial score (nSPS) is 15.9. The first-order valence-corrected chi connectivity index (χ1v) is 6.75. The van der Waals surface area contributed by atoms with E-state index >= 15 is 0 Å². The van der Waals surface area contributed by atoms with Gasteiger partial charge in [-0.2, -0.15) is 4.98 Å². The number of aromatic nitrogens is 3. The number of nitrogens with zero attached hydrogens (tertiary/aromatic N) is 4. The van der Waals surface area contributed by atoms with Crippen molar-refractivity contribution in [1.29, 1.82) is 0 Å². The van der Waals surface area contributed by atoms with Gasteiger partial charge in [-0.1, -0.05) is 0 Å². The van der Waals surface area contributed by atoms with Crippen molar-refractivity contribution in [1.82, 2.24) is 20.1 Å². The van der Waals surface area contributed by atoms with E-state index in [-0.39, 0.29) is 5.75 Å². The van der Waals surface area contributed by atoms with Crippen molar-refractivity contribution in [2.75, 3.05) is 31.1 Å². The Hall–Kier alpha value is -2.29. The molecule has 0 amide bonds. The highest BCUT2D eigenvalue weighted by Gasteiger charge is 2.31. The predicted octanol–water partition coefficient (Wildman–Crippen LogP) is 1.58. The minimum atomic E-state index is -4.69. The van der Waals surface area contributed by atoms with E-state index in [1.807, 2.05) is 4.90 Å². The third kappa shape index (κ3) is 3.48. The van der Waals surface area contributed by atoms with E-state index in [9.17, 15) is 13.2 Å². The molecule has 0 saturated carbocycles. The third-order valence-electron chi connectivity index (χ3n) is 3.21. The average Bonchev–Trinajstić information content (AvgIpc) is 2.97. The van der Waals surface area contributed by atoms with Crippen LogP contribution in [0.5, 0.6) is 5.75 Å². The van der Waals surface area contributed by atoms with Crippen LogP contribution in [0.4, 0.5) is 19.1 Å². The summed E-state index contributed by atoms with van der Waals surface area (Å²) in [7, 11) is 0. The molecule has 6 nitrogen and oxygen atoms in total. The van der Waals surface area contributed by atoms with Crippen molar-refractivity contribution in [3.8, 4) is 11.4 Å². The van der Waals surface area contributed by atoms with Gasteiger partial charge < -0.3 is 15.0 Å². The Kier molecular flexibility index (Phi) is 3.88. The Morgan fingerprint density at radius 1 is 1.09 bits per heavy atom. The highest BCUT2D eigenvalue weighted by Crippen LogP contribution is 2.23. The predicted molar refractivity (Wildman–Crippen MR) is 73.1 cm³/mol. The van der Waals surface area contributed by atoms with Crippen molar-refractivity contribution >= 4 is 5.95 Å². The first-order chi connectivity index (χ1) is 10.5. The van der Waals surface area contributed by atoms with Gasteiger partial charge in [0.2, 0.25) is 5.95 Å². The minimum Gasteiger partial charge on any atom is -0.406 e. The quantitative estimate of drug-likeness (QED) is 0.932. The van der Waals surface area contributed by atoms with Gasteiger partial charge in [0.1, 0.15) is 12.1 Å². The van der Waals surface area contributed by atoms with Gasteiger partial charge >= 0.3 is 6.36 Å². The van der Waals surface area contributed by atoms with E-state index < -0.39 is 6.36 Å². The number of alkyl halides is 3. The van der Waals surface area contributed by atoms with Gasteiger partial charge in [-0.25, -0.2) is 4.68 Å². The number of hydrogen-bond acceptors (Lipinski definition) is 5. The van der Waals surface area contributed by atoms with Gasteiger partial charge in [-0.3, -0.25) is 0 Å². The summed E-state index contributed by atoms with van der Waals surface area (Å²) in [6, 6.07) is 5.48. The molecule has 1 aromatic heterocycles. The zero-order valence-corrected chi connectivity index (χ0v) is 11.5. The van der Waals surface area contributed by atoms with Gasteiger partial charge in [0.15, 0.2) is 0 Å². The fourth-order valence-electron chi connectivity index (χ4n) is 2.19. The molecule has 0 atom stereocenters. The van der Waals surface area contributed by atoms with Crippen molar-refractivity contribution in [3.63, 3.8) is 0 Å². The lowest BCUT2D eigenvalue weighted by atomic mass is 10.3. The van der Waals surface area contributed by atoms with Crippen LogP contribution < -0.4 is 15.0 Å². The van der Waals surface area contributed by atoms with E-state index in [4.69, 9.17) is 0 Å². The monoisotopic (exact) mass is 313 g/mol. The minimum absolute atomic E-state index is 0.265. The summed E-state index contributed by atoms with van der Waals surface area (Å²) in [5.41, 5.74) is 0.614. The second-order valence-corrected chi connectivity index (χ2v) is 4.77. The number of ether oxygens (including phenoxy) is 1. The van der Waals surface area contributed by atoms with Crippen LogP contribution >= 0.6 is 0 Å². The lowest BCUT2D eigenvalue weighted by Gasteiger charge is -2.25. The topological polar surface area (TPSA) is 55.2 Å². The summed E-state index contributed by atoms with van der Waals surface area (Å²) >= 11 is 0. The maximum Gasteiger partial charge on any atom is 0.573 e. The molecular formula is C13H14F3N5O. The molecule has 2 aromatic rings. The number of rotatable bonds is 3. The number of benzene rings is 1. The molecule has 1 aliphatic heterocycles. The average molecular weight is 313 g/mol. The maximum atomic E-state index is 12.1. The molecule has 1 saturated heterocycles. The maximum absolute atomic E-state index is 12.1. The van der Waals surface area contributed by atoms with Crippen molar-refractivity contribution < 1.29 is 17.9 Å². The zero-order chi connectivity index (χ0) is 15.6. The lowest BCUT2D eigenvalue weighted by molar-refractivity contribution is -0.274. The molecule has 1 aromatic carbocycles. The summed E-state index contributed by atoms with van der Waals surface area (Å²) in [5.74, 6) is 0.343. The van der Waals surface area contributed by atoms with Crippen molar-refractivity contribution in [2.24, 2.45) is 0 Å². The first-order valence-electron chi connectivity index (χ1n) is 6.75. The molecule has 9 heteroatoms. The van der Waals surface area contributed by atoms with E-state index in [1.165, 1.54) is 35.3 Å². The Morgan fingerprint density at radius 2 is 1.77 bits per heavy atom. The molecular weight excluding hydrogens is 299 g/mol. The summed E-state index contributed by atoms with van der Waals surface area (Å²) in [6.07, 6.45) is -3.15. The number of piperazine rings is 1. The van der Waals surface area contributed by atoms with Crippen LogP contribution in [-0.4, -0.2) is 47.3 Å². The van der Waals surface area contributed by atoms with Crippen molar-refractivity contribution in [3.05, 3.63) is 30.6 Å². The van der Waals surface area contributed by atoms with E-state index in [1.54, 1.807) is 0 Å². The second-order valence-electron chi connectivity index (χ2n) is 4.77. The SMILES string of the molecule is FC(F)(F)Oc1ccc(-n2cnc(N3CCNCC3)n2)cc1. The molecule has 0 bridgehead atoms. The molecule has 0 radical (unpaired) electrons. The van der Waals surface area contributed by atoms with Crippen LogP contribution in [0.1, 0.15) is 0 Å². The van der Waals surface area contributed by atoms with Crippen LogP contribution in [0.3, 0.4) is 0 Å². The summed E-state index contributed by atoms with van der Waals surface area (Å²) in [4.78, 5) is 6.29. The van der Waals surface area contributed by atoms with E-state index in [0.717, 1.165) is 26.2 Å². The Morgan fingerprint density at radius 3 is 2.41 bits per heavy atom. The summed E-state index contributed by atoms with van der Waals surface area (Å²) < 4.78 is 41.7. The number of halogens is 3. The third-order valence-corrected chi connectivity index (χ3v) is 3.21. The van der Waals surface area contributed by atoms with Crippen LogP contribution in [0, 0.1) is 0 Å². The largest absolute Gasteiger partial charge is 0.573 e. The molecule has 1 N–H and O–H groups in total. The summed E-state index contributed by atoms with van der Waals surface area (Å²) in [6.45, 7) is 3.39. The fraction of sp³-hybridized carbons (Fsp3) is 0.385. The smallest absolute Gasteiger partial charge is 0.406 e. The first kappa shape index (κ1) is 14.6. The van der Waals surface area contributed by atoms with Crippen LogP contribution in [0.15, 0.2) is 30.6 Å². The van der Waals surface area contributed by atoms with Crippen LogP contribution in [-0.2, 0) is 0 Å². The Bertz CT molecular complexity index is 619. The van der Waals surface area contributed by atoms with E-state index in [0.29, 0.717) is 11.6 Å². The van der Waals surface area contributed by atoms with Gasteiger partial charge in [0.25, 0.3) is 0 Å². The van der Waals surface area contributed by atoms with Crippen LogP contribution in [0.2, 0.25) is 0 Å². The molecule has 0 aliphatic carbocycles. The molecule has 1 aliphatic rings. The highest BCUT2D eigenvalue weighted by atomic mass is 19.4. The highest BCUT2D eigenvalue weighted by molar-refractivity contribution is 5.38.